The van der Waals surface area contributed by atoms with Crippen LogP contribution in [0, 0.1) is 0 Å². The topological polar surface area (TPSA) is 41.6 Å². The van der Waals surface area contributed by atoms with Crippen molar-refractivity contribution in [3.63, 3.8) is 0 Å². The summed E-state index contributed by atoms with van der Waals surface area (Å²) in [5.41, 5.74) is 3.11. The zero-order valence-electron chi connectivity index (χ0n) is 8.01. The zero-order valence-corrected chi connectivity index (χ0v) is 8.01. The van der Waals surface area contributed by atoms with Crippen LogP contribution in [0.5, 0.6) is 0 Å². The number of aromatic amines is 1. The molecule has 3 nitrogen and oxygen atoms in total. The van der Waals surface area contributed by atoms with Gasteiger partial charge in [0.2, 0.25) is 0 Å². The van der Waals surface area contributed by atoms with Gasteiger partial charge >= 0.3 is 0 Å². The molecule has 0 saturated heterocycles. The maximum Gasteiger partial charge on any atom is 0.0811 e. The summed E-state index contributed by atoms with van der Waals surface area (Å²) in [4.78, 5) is 4.39. The van der Waals surface area contributed by atoms with Crippen LogP contribution in [0.2, 0.25) is 0 Å². The van der Waals surface area contributed by atoms with Crippen LogP contribution in [0.3, 0.4) is 0 Å². The van der Waals surface area contributed by atoms with E-state index in [9.17, 15) is 0 Å². The van der Waals surface area contributed by atoms with Crippen molar-refractivity contribution in [3.8, 4) is 11.3 Å². The lowest BCUT2D eigenvalue weighted by atomic mass is 10.1. The lowest BCUT2D eigenvalue weighted by Crippen LogP contribution is -1.83. The molecule has 2 aromatic heterocycles. The Balaban J connectivity index is 2.31. The van der Waals surface area contributed by atoms with Gasteiger partial charge in [-0.25, -0.2) is 0 Å². The van der Waals surface area contributed by atoms with Gasteiger partial charge in [-0.15, -0.1) is 0 Å². The summed E-state index contributed by atoms with van der Waals surface area (Å²) < 4.78 is 0. The van der Waals surface area contributed by atoms with E-state index >= 15 is 0 Å². The highest BCUT2D eigenvalue weighted by Crippen LogP contribution is 2.24. The number of fused-ring (bicyclic) bond motifs is 1. The molecule has 72 valence electrons. The van der Waals surface area contributed by atoms with Gasteiger partial charge < -0.3 is 0 Å². The van der Waals surface area contributed by atoms with Crippen LogP contribution in [0.1, 0.15) is 0 Å². The van der Waals surface area contributed by atoms with Crippen LogP contribution in [-0.2, 0) is 0 Å². The molecule has 0 aliphatic heterocycles. The second kappa shape index (κ2) is 3.20. The van der Waals surface area contributed by atoms with Crippen LogP contribution in [0.15, 0.2) is 48.8 Å². The summed E-state index contributed by atoms with van der Waals surface area (Å²) in [5.74, 6) is 0. The zero-order chi connectivity index (χ0) is 10.1. The van der Waals surface area contributed by atoms with Crippen molar-refractivity contribution in [3.05, 3.63) is 48.8 Å². The van der Waals surface area contributed by atoms with Gasteiger partial charge in [-0.05, 0) is 6.07 Å². The third-order valence-corrected chi connectivity index (χ3v) is 2.42. The molecule has 1 N–H and O–H groups in total. The van der Waals surface area contributed by atoms with Gasteiger partial charge in [-0.1, -0.05) is 30.3 Å². The van der Waals surface area contributed by atoms with Crippen LogP contribution >= 0.6 is 0 Å². The van der Waals surface area contributed by atoms with Crippen LogP contribution in [-0.4, -0.2) is 15.2 Å². The number of rotatable bonds is 1. The molecule has 0 bridgehead atoms. The predicted molar refractivity (Wildman–Crippen MR) is 59.3 cm³/mol. The number of hydrogen-bond acceptors (Lipinski definition) is 2. The van der Waals surface area contributed by atoms with E-state index < -0.39 is 0 Å². The fourth-order valence-corrected chi connectivity index (χ4v) is 1.69. The molecule has 3 aromatic rings. The average Bonchev–Trinajstić information content (AvgIpc) is 2.78. The van der Waals surface area contributed by atoms with Gasteiger partial charge in [0.1, 0.15) is 0 Å². The maximum absolute atomic E-state index is 4.39. The molecule has 0 atom stereocenters. The van der Waals surface area contributed by atoms with Gasteiger partial charge in [0.05, 0.1) is 17.4 Å². The lowest BCUT2D eigenvalue weighted by Gasteiger charge is -2.00. The van der Waals surface area contributed by atoms with Crippen molar-refractivity contribution >= 4 is 10.9 Å². The summed E-state index contributed by atoms with van der Waals surface area (Å²) in [6.07, 6.45) is 3.60. The van der Waals surface area contributed by atoms with E-state index in [2.05, 4.69) is 27.3 Å². The molecular formula is C12H9N3. The standard InChI is InChI=1S/C12H9N3/c1-2-4-9(5-3-1)12-10-8-14-15-11(10)6-7-13-12/h1-8H,(H,14,15). The fraction of sp³-hybridized carbons (Fsp3) is 0. The van der Waals surface area contributed by atoms with E-state index in [4.69, 9.17) is 0 Å². The number of aromatic nitrogens is 3. The van der Waals surface area contributed by atoms with Crippen molar-refractivity contribution in [1.82, 2.24) is 15.2 Å². The Morgan fingerprint density at radius 2 is 1.87 bits per heavy atom. The SMILES string of the molecule is c1ccc(-c2nccc3[nH]ncc23)cc1. The molecule has 15 heavy (non-hydrogen) atoms. The highest BCUT2D eigenvalue weighted by molar-refractivity contribution is 5.91. The molecular weight excluding hydrogens is 186 g/mol. The number of H-pyrrole nitrogens is 1. The first-order chi connectivity index (χ1) is 7.45. The fourth-order valence-electron chi connectivity index (χ4n) is 1.69. The second-order valence-electron chi connectivity index (χ2n) is 3.36. The Morgan fingerprint density at radius 1 is 1.00 bits per heavy atom. The van der Waals surface area contributed by atoms with Crippen LogP contribution in [0.25, 0.3) is 22.2 Å². The molecule has 0 aliphatic carbocycles. The van der Waals surface area contributed by atoms with Crippen molar-refractivity contribution in [2.24, 2.45) is 0 Å². The van der Waals surface area contributed by atoms with Crippen molar-refractivity contribution < 1.29 is 0 Å². The summed E-state index contributed by atoms with van der Waals surface area (Å²) >= 11 is 0. The van der Waals surface area contributed by atoms with E-state index in [1.54, 1.807) is 6.20 Å². The number of nitrogens with zero attached hydrogens (tertiary/aromatic N) is 2. The first-order valence-corrected chi connectivity index (χ1v) is 4.78. The Bertz CT molecular complexity index is 584. The molecule has 0 saturated carbocycles. The Hall–Kier alpha value is -2.16. The minimum Gasteiger partial charge on any atom is -0.278 e. The van der Waals surface area contributed by atoms with Gasteiger partial charge in [0.15, 0.2) is 0 Å². The molecule has 0 unspecified atom stereocenters. The summed E-state index contributed by atoms with van der Waals surface area (Å²) in [6.45, 7) is 0. The molecule has 0 aliphatic rings. The van der Waals surface area contributed by atoms with Gasteiger partial charge in [-0.2, -0.15) is 5.10 Å². The number of nitrogens with one attached hydrogen (secondary N) is 1. The van der Waals surface area contributed by atoms with E-state index in [0.29, 0.717) is 0 Å². The highest BCUT2D eigenvalue weighted by atomic mass is 15.1. The third kappa shape index (κ3) is 1.29. The smallest absolute Gasteiger partial charge is 0.0811 e. The Kier molecular flexibility index (Phi) is 1.75. The molecule has 0 radical (unpaired) electrons. The van der Waals surface area contributed by atoms with Crippen molar-refractivity contribution in [2.75, 3.05) is 0 Å². The van der Waals surface area contributed by atoms with Crippen molar-refractivity contribution in [2.45, 2.75) is 0 Å². The van der Waals surface area contributed by atoms with E-state index in [1.807, 2.05) is 30.5 Å². The number of pyridine rings is 1. The Labute approximate surface area is 86.8 Å². The summed E-state index contributed by atoms with van der Waals surface area (Å²) in [5, 5.41) is 8.02. The molecule has 0 fully saturated rings. The number of benzene rings is 1. The van der Waals surface area contributed by atoms with E-state index in [1.165, 1.54) is 0 Å². The average molecular weight is 195 g/mol. The lowest BCUT2D eigenvalue weighted by molar-refractivity contribution is 1.12. The Morgan fingerprint density at radius 3 is 2.73 bits per heavy atom. The number of hydrogen-bond donors (Lipinski definition) is 1. The first-order valence-electron chi connectivity index (χ1n) is 4.78. The third-order valence-electron chi connectivity index (χ3n) is 2.42. The summed E-state index contributed by atoms with van der Waals surface area (Å²) in [6, 6.07) is 12.0. The van der Waals surface area contributed by atoms with Gasteiger partial charge in [0.25, 0.3) is 0 Å². The highest BCUT2D eigenvalue weighted by Gasteiger charge is 2.05. The van der Waals surface area contributed by atoms with Crippen molar-refractivity contribution in [1.29, 1.82) is 0 Å². The van der Waals surface area contributed by atoms with Crippen LogP contribution in [0.4, 0.5) is 0 Å². The second-order valence-corrected chi connectivity index (χ2v) is 3.36. The van der Waals surface area contributed by atoms with E-state index in [-0.39, 0.29) is 0 Å². The molecule has 3 heteroatoms. The van der Waals surface area contributed by atoms with Gasteiger partial charge in [0, 0.05) is 17.1 Å². The normalized spacial score (nSPS) is 10.7. The first kappa shape index (κ1) is 8.17. The monoisotopic (exact) mass is 195 g/mol. The molecule has 3 rings (SSSR count). The minimum atomic E-state index is 0.974. The van der Waals surface area contributed by atoms with Gasteiger partial charge in [-0.3, -0.25) is 10.1 Å². The molecule has 0 amide bonds. The molecule has 1 aromatic carbocycles. The largest absolute Gasteiger partial charge is 0.278 e. The summed E-state index contributed by atoms with van der Waals surface area (Å²) in [7, 11) is 0. The minimum absolute atomic E-state index is 0.974. The molecule has 0 spiro atoms. The quantitative estimate of drug-likeness (QED) is 0.648. The molecule has 2 heterocycles. The maximum atomic E-state index is 4.39. The van der Waals surface area contributed by atoms with Crippen LogP contribution < -0.4 is 0 Å². The predicted octanol–water partition coefficient (Wildman–Crippen LogP) is 2.62. The van der Waals surface area contributed by atoms with E-state index in [0.717, 1.165) is 22.2 Å².